The first-order valence-electron chi connectivity index (χ1n) is 6.09. The highest BCUT2D eigenvalue weighted by Gasteiger charge is 2.36. The maximum absolute atomic E-state index is 12.0. The standard InChI is InChI=1S/C12H25N3O3/c1-7-15(12(3,4)10(16)17)11(18)13-8-9(2)14(5)6/h9H,7-8H2,1-6H3,(H,13,18)(H,16,17). The van der Waals surface area contributed by atoms with E-state index in [0.29, 0.717) is 13.1 Å². The van der Waals surface area contributed by atoms with E-state index in [-0.39, 0.29) is 12.1 Å². The second kappa shape index (κ2) is 6.58. The van der Waals surface area contributed by atoms with E-state index in [1.165, 1.54) is 18.7 Å². The molecule has 0 heterocycles. The predicted octanol–water partition coefficient (Wildman–Crippen LogP) is 0.831. The minimum absolute atomic E-state index is 0.195. The Morgan fingerprint density at radius 1 is 1.33 bits per heavy atom. The van der Waals surface area contributed by atoms with Crippen molar-refractivity contribution in [2.24, 2.45) is 0 Å². The Morgan fingerprint density at radius 3 is 2.17 bits per heavy atom. The van der Waals surface area contributed by atoms with Gasteiger partial charge in [-0.2, -0.15) is 0 Å². The van der Waals surface area contributed by atoms with E-state index in [0.717, 1.165) is 0 Å². The predicted molar refractivity (Wildman–Crippen MR) is 70.6 cm³/mol. The summed E-state index contributed by atoms with van der Waals surface area (Å²) < 4.78 is 0. The van der Waals surface area contributed by atoms with E-state index < -0.39 is 11.5 Å². The third kappa shape index (κ3) is 4.18. The van der Waals surface area contributed by atoms with Crippen LogP contribution in [0.4, 0.5) is 4.79 Å². The van der Waals surface area contributed by atoms with Crippen LogP contribution in [-0.2, 0) is 4.79 Å². The largest absolute Gasteiger partial charge is 0.480 e. The van der Waals surface area contributed by atoms with Crippen LogP contribution in [0.2, 0.25) is 0 Å². The first-order valence-corrected chi connectivity index (χ1v) is 6.09. The lowest BCUT2D eigenvalue weighted by Crippen LogP contribution is -2.57. The first-order chi connectivity index (χ1) is 8.14. The van der Waals surface area contributed by atoms with Crippen LogP contribution >= 0.6 is 0 Å². The summed E-state index contributed by atoms with van der Waals surface area (Å²) in [6.45, 7) is 7.62. The Balaban J connectivity index is 4.60. The molecule has 2 amide bonds. The first kappa shape index (κ1) is 16.7. The number of rotatable bonds is 6. The molecule has 6 heteroatoms. The fraction of sp³-hybridized carbons (Fsp3) is 0.833. The molecular weight excluding hydrogens is 234 g/mol. The molecule has 0 aliphatic carbocycles. The van der Waals surface area contributed by atoms with Gasteiger partial charge in [0.15, 0.2) is 0 Å². The molecule has 0 aromatic rings. The highest BCUT2D eigenvalue weighted by Crippen LogP contribution is 2.14. The van der Waals surface area contributed by atoms with Crippen molar-refractivity contribution in [1.29, 1.82) is 0 Å². The van der Waals surface area contributed by atoms with Crippen LogP contribution in [0, 0.1) is 0 Å². The number of carboxylic acids is 1. The summed E-state index contributed by atoms with van der Waals surface area (Å²) in [4.78, 5) is 26.4. The Hall–Kier alpha value is -1.30. The van der Waals surface area contributed by atoms with Gasteiger partial charge in [-0.1, -0.05) is 0 Å². The molecule has 0 aromatic heterocycles. The number of urea groups is 1. The third-order valence-electron chi connectivity index (χ3n) is 3.19. The molecule has 0 spiro atoms. The number of hydrogen-bond acceptors (Lipinski definition) is 3. The van der Waals surface area contributed by atoms with Crippen molar-refractivity contribution in [3.63, 3.8) is 0 Å². The number of carbonyl (C=O) groups excluding carboxylic acids is 1. The van der Waals surface area contributed by atoms with E-state index in [1.54, 1.807) is 6.92 Å². The number of hydrogen-bond donors (Lipinski definition) is 2. The molecule has 0 aromatic carbocycles. The van der Waals surface area contributed by atoms with Crippen molar-refractivity contribution in [2.75, 3.05) is 27.2 Å². The summed E-state index contributed by atoms with van der Waals surface area (Å²) in [6.07, 6.45) is 0. The topological polar surface area (TPSA) is 72.9 Å². The molecule has 6 nitrogen and oxygen atoms in total. The Bertz CT molecular complexity index is 303. The third-order valence-corrected chi connectivity index (χ3v) is 3.19. The van der Waals surface area contributed by atoms with Gasteiger partial charge in [0.1, 0.15) is 5.54 Å². The van der Waals surface area contributed by atoms with Crippen LogP contribution in [-0.4, -0.2) is 65.7 Å². The molecule has 0 bridgehead atoms. The maximum Gasteiger partial charge on any atom is 0.329 e. The Morgan fingerprint density at radius 2 is 1.83 bits per heavy atom. The molecule has 0 fully saturated rings. The molecule has 0 radical (unpaired) electrons. The zero-order valence-electron chi connectivity index (χ0n) is 12.1. The molecule has 0 rings (SSSR count). The molecule has 1 unspecified atom stereocenters. The van der Waals surface area contributed by atoms with E-state index in [9.17, 15) is 9.59 Å². The number of nitrogens with one attached hydrogen (secondary N) is 1. The fourth-order valence-electron chi connectivity index (χ4n) is 1.42. The van der Waals surface area contributed by atoms with Crippen LogP contribution in [0.5, 0.6) is 0 Å². The van der Waals surface area contributed by atoms with Crippen molar-refractivity contribution in [1.82, 2.24) is 15.1 Å². The lowest BCUT2D eigenvalue weighted by molar-refractivity contribution is -0.147. The second-order valence-corrected chi connectivity index (χ2v) is 5.11. The molecule has 2 N–H and O–H groups in total. The molecular formula is C12H25N3O3. The highest BCUT2D eigenvalue weighted by molar-refractivity contribution is 5.85. The number of nitrogens with zero attached hydrogens (tertiary/aromatic N) is 2. The number of amides is 2. The average Bonchev–Trinajstić information content (AvgIpc) is 2.25. The molecule has 18 heavy (non-hydrogen) atoms. The van der Waals surface area contributed by atoms with E-state index in [2.05, 4.69) is 5.32 Å². The molecule has 1 atom stereocenters. The summed E-state index contributed by atoms with van der Waals surface area (Å²) in [6, 6.07) is -0.154. The van der Waals surface area contributed by atoms with Gasteiger partial charge in [0.2, 0.25) is 0 Å². The number of carboxylic acid groups (broad SMARTS) is 1. The summed E-state index contributed by atoms with van der Waals surface area (Å²) in [5.41, 5.74) is -1.21. The molecule has 0 aliphatic heterocycles. The van der Waals surface area contributed by atoms with Crippen molar-refractivity contribution >= 4 is 12.0 Å². The minimum Gasteiger partial charge on any atom is -0.480 e. The van der Waals surface area contributed by atoms with E-state index in [4.69, 9.17) is 5.11 Å². The van der Waals surface area contributed by atoms with Gasteiger partial charge >= 0.3 is 12.0 Å². The lowest BCUT2D eigenvalue weighted by atomic mass is 10.0. The van der Waals surface area contributed by atoms with Gasteiger partial charge in [0, 0.05) is 19.1 Å². The van der Waals surface area contributed by atoms with Gasteiger partial charge in [0.05, 0.1) is 0 Å². The van der Waals surface area contributed by atoms with E-state index in [1.807, 2.05) is 25.9 Å². The van der Waals surface area contributed by atoms with Gasteiger partial charge in [-0.15, -0.1) is 0 Å². The van der Waals surface area contributed by atoms with Crippen LogP contribution in [0.15, 0.2) is 0 Å². The monoisotopic (exact) mass is 259 g/mol. The summed E-state index contributed by atoms with van der Waals surface area (Å²) in [7, 11) is 3.85. The van der Waals surface area contributed by atoms with Crippen LogP contribution in [0.25, 0.3) is 0 Å². The van der Waals surface area contributed by atoms with Gasteiger partial charge in [-0.05, 0) is 41.8 Å². The average molecular weight is 259 g/mol. The van der Waals surface area contributed by atoms with Gasteiger partial charge < -0.3 is 20.2 Å². The number of aliphatic carboxylic acids is 1. The summed E-state index contributed by atoms with van der Waals surface area (Å²) in [5.74, 6) is -1.01. The zero-order chi connectivity index (χ0) is 14.5. The summed E-state index contributed by atoms with van der Waals surface area (Å²) >= 11 is 0. The maximum atomic E-state index is 12.0. The number of carbonyl (C=O) groups is 2. The van der Waals surface area contributed by atoms with Crippen LogP contribution < -0.4 is 5.32 Å². The van der Waals surface area contributed by atoms with Gasteiger partial charge in [0.25, 0.3) is 0 Å². The van der Waals surface area contributed by atoms with Crippen LogP contribution in [0.1, 0.15) is 27.7 Å². The fourth-order valence-corrected chi connectivity index (χ4v) is 1.42. The molecule has 0 saturated heterocycles. The lowest BCUT2D eigenvalue weighted by Gasteiger charge is -2.34. The van der Waals surface area contributed by atoms with Crippen LogP contribution in [0.3, 0.4) is 0 Å². The zero-order valence-corrected chi connectivity index (χ0v) is 12.1. The van der Waals surface area contributed by atoms with Gasteiger partial charge in [-0.3, -0.25) is 0 Å². The Kier molecular flexibility index (Phi) is 6.11. The van der Waals surface area contributed by atoms with Crippen molar-refractivity contribution in [3.05, 3.63) is 0 Å². The molecule has 0 aliphatic rings. The van der Waals surface area contributed by atoms with Crippen molar-refractivity contribution < 1.29 is 14.7 Å². The van der Waals surface area contributed by atoms with E-state index >= 15 is 0 Å². The van der Waals surface area contributed by atoms with Crippen molar-refractivity contribution in [2.45, 2.75) is 39.3 Å². The number of likely N-dealkylation sites (N-methyl/N-ethyl adjacent to an activating group) is 2. The molecule has 106 valence electrons. The molecule has 0 saturated carbocycles. The SMILES string of the molecule is CCN(C(=O)NCC(C)N(C)C)C(C)(C)C(=O)O. The van der Waals surface area contributed by atoms with Gasteiger partial charge in [-0.25, -0.2) is 9.59 Å². The smallest absolute Gasteiger partial charge is 0.329 e. The quantitative estimate of drug-likeness (QED) is 0.741. The van der Waals surface area contributed by atoms with Crippen molar-refractivity contribution in [3.8, 4) is 0 Å². The minimum atomic E-state index is -1.21. The Labute approximate surface area is 109 Å². The second-order valence-electron chi connectivity index (χ2n) is 5.11. The highest BCUT2D eigenvalue weighted by atomic mass is 16.4. The normalized spacial score (nSPS) is 13.3. The summed E-state index contributed by atoms with van der Waals surface area (Å²) in [5, 5.41) is 11.9.